The van der Waals surface area contributed by atoms with Crippen molar-refractivity contribution in [3.8, 4) is 0 Å². The molecular weight excluding hydrogens is 306 g/mol. The van der Waals surface area contributed by atoms with Gasteiger partial charge in [-0.25, -0.2) is 0 Å². The Hall–Kier alpha value is -1.62. The van der Waals surface area contributed by atoms with Crippen LogP contribution in [0.3, 0.4) is 0 Å². The molecule has 3 heterocycles. The normalized spacial score (nSPS) is 20.8. The van der Waals surface area contributed by atoms with Gasteiger partial charge in [0.1, 0.15) is 0 Å². The van der Waals surface area contributed by atoms with Crippen LogP contribution < -0.4 is 0 Å². The first kappa shape index (κ1) is 14.9. The van der Waals surface area contributed by atoms with E-state index < -0.39 is 0 Å². The number of aryl methyl sites for hydroxylation is 3. The second-order valence-corrected chi connectivity index (χ2v) is 7.79. The van der Waals surface area contributed by atoms with E-state index in [2.05, 4.69) is 28.2 Å². The molecule has 1 amide bonds. The molecule has 2 aliphatic rings. The standard InChI is InChI=1S/C18H23N3OS/c1-12-9-13(2)21(19-12)14-7-8-20(10-14)18(22)16-11-23-17-6-4-3-5-15(16)17/h9,11,14H,3-8,10H2,1-2H3/t14-/m0/s1. The van der Waals surface area contributed by atoms with E-state index in [0.29, 0.717) is 6.04 Å². The average molecular weight is 329 g/mol. The molecule has 23 heavy (non-hydrogen) atoms. The maximum absolute atomic E-state index is 12.9. The third-order valence-electron chi connectivity index (χ3n) is 5.13. The number of hydrogen-bond acceptors (Lipinski definition) is 3. The highest BCUT2D eigenvalue weighted by molar-refractivity contribution is 7.10. The van der Waals surface area contributed by atoms with Gasteiger partial charge < -0.3 is 4.90 Å². The van der Waals surface area contributed by atoms with E-state index in [9.17, 15) is 4.79 Å². The van der Waals surface area contributed by atoms with E-state index in [-0.39, 0.29) is 5.91 Å². The number of carbonyl (C=O) groups excluding carboxylic acids is 1. The van der Waals surface area contributed by atoms with Crippen LogP contribution in [0.5, 0.6) is 0 Å². The molecule has 0 radical (unpaired) electrons. The smallest absolute Gasteiger partial charge is 0.255 e. The molecule has 0 N–H and O–H groups in total. The van der Waals surface area contributed by atoms with E-state index in [1.165, 1.54) is 29.0 Å². The van der Waals surface area contributed by atoms with E-state index in [1.807, 2.05) is 11.8 Å². The zero-order valence-corrected chi connectivity index (χ0v) is 14.7. The minimum atomic E-state index is 0.230. The van der Waals surface area contributed by atoms with Crippen molar-refractivity contribution in [2.75, 3.05) is 13.1 Å². The van der Waals surface area contributed by atoms with Gasteiger partial charge in [0.25, 0.3) is 5.91 Å². The van der Waals surface area contributed by atoms with Crippen molar-refractivity contribution in [3.63, 3.8) is 0 Å². The second kappa shape index (κ2) is 5.78. The van der Waals surface area contributed by atoms with Crippen LogP contribution in [-0.4, -0.2) is 33.7 Å². The Morgan fingerprint density at radius 1 is 1.30 bits per heavy atom. The van der Waals surface area contributed by atoms with Crippen LogP contribution in [0.1, 0.15) is 57.5 Å². The highest BCUT2D eigenvalue weighted by Crippen LogP contribution is 2.32. The average Bonchev–Trinajstić information content (AvgIpc) is 3.24. The van der Waals surface area contributed by atoms with Gasteiger partial charge >= 0.3 is 0 Å². The van der Waals surface area contributed by atoms with Crippen LogP contribution in [0.4, 0.5) is 0 Å². The molecule has 1 aliphatic carbocycles. The van der Waals surface area contributed by atoms with Crippen LogP contribution in [0.2, 0.25) is 0 Å². The molecule has 4 rings (SSSR count). The molecular formula is C18H23N3OS. The number of nitrogens with zero attached hydrogens (tertiary/aromatic N) is 3. The summed E-state index contributed by atoms with van der Waals surface area (Å²) in [5.74, 6) is 0.230. The first-order valence-electron chi connectivity index (χ1n) is 8.55. The Labute approximate surface area is 141 Å². The van der Waals surface area contributed by atoms with E-state index >= 15 is 0 Å². The summed E-state index contributed by atoms with van der Waals surface area (Å²) in [6.07, 6.45) is 5.72. The SMILES string of the molecule is Cc1cc(C)n([C@H]2CCN(C(=O)c3csc4c3CCCC4)C2)n1. The zero-order valence-electron chi connectivity index (χ0n) is 13.8. The molecule has 0 unspecified atom stereocenters. The van der Waals surface area contributed by atoms with Crippen molar-refractivity contribution in [2.24, 2.45) is 0 Å². The molecule has 1 fully saturated rings. The van der Waals surface area contributed by atoms with E-state index in [1.54, 1.807) is 11.3 Å². The van der Waals surface area contributed by atoms with Crippen LogP contribution in [0, 0.1) is 13.8 Å². The molecule has 0 saturated carbocycles. The summed E-state index contributed by atoms with van der Waals surface area (Å²) in [4.78, 5) is 16.4. The van der Waals surface area contributed by atoms with Gasteiger partial charge in [0.2, 0.25) is 0 Å². The van der Waals surface area contributed by atoms with Gasteiger partial charge in [-0.05, 0) is 57.6 Å². The first-order chi connectivity index (χ1) is 11.1. The monoisotopic (exact) mass is 329 g/mol. The number of amides is 1. The highest BCUT2D eigenvalue weighted by Gasteiger charge is 2.31. The van der Waals surface area contributed by atoms with Crippen molar-refractivity contribution >= 4 is 17.2 Å². The third kappa shape index (κ3) is 2.61. The Bertz CT molecular complexity index is 746. The molecule has 4 nitrogen and oxygen atoms in total. The first-order valence-corrected chi connectivity index (χ1v) is 9.42. The summed E-state index contributed by atoms with van der Waals surface area (Å²) >= 11 is 1.78. The fraction of sp³-hybridized carbons (Fsp3) is 0.556. The summed E-state index contributed by atoms with van der Waals surface area (Å²) < 4.78 is 2.10. The molecule has 1 saturated heterocycles. The van der Waals surface area contributed by atoms with E-state index in [4.69, 9.17) is 0 Å². The Balaban J connectivity index is 1.52. The van der Waals surface area contributed by atoms with Gasteiger partial charge in [0.15, 0.2) is 0 Å². The predicted molar refractivity (Wildman–Crippen MR) is 92.2 cm³/mol. The lowest BCUT2D eigenvalue weighted by Crippen LogP contribution is -2.30. The van der Waals surface area contributed by atoms with Gasteiger partial charge in [0.05, 0.1) is 17.3 Å². The van der Waals surface area contributed by atoms with Crippen LogP contribution in [0.15, 0.2) is 11.4 Å². The van der Waals surface area contributed by atoms with Crippen LogP contribution in [0.25, 0.3) is 0 Å². The Morgan fingerprint density at radius 3 is 2.91 bits per heavy atom. The summed E-state index contributed by atoms with van der Waals surface area (Å²) in [5.41, 5.74) is 4.55. The molecule has 2 aromatic heterocycles. The second-order valence-electron chi connectivity index (χ2n) is 6.82. The van der Waals surface area contributed by atoms with Crippen molar-refractivity contribution in [3.05, 3.63) is 38.8 Å². The fourth-order valence-corrected chi connectivity index (χ4v) is 5.10. The van der Waals surface area contributed by atoms with Gasteiger partial charge in [-0.2, -0.15) is 5.10 Å². The van der Waals surface area contributed by atoms with Crippen LogP contribution >= 0.6 is 11.3 Å². The number of fused-ring (bicyclic) bond motifs is 1. The maximum atomic E-state index is 12.9. The zero-order chi connectivity index (χ0) is 16.0. The number of aromatic nitrogens is 2. The van der Waals surface area contributed by atoms with Crippen molar-refractivity contribution in [2.45, 2.75) is 52.0 Å². The molecule has 0 spiro atoms. The van der Waals surface area contributed by atoms with Gasteiger partial charge in [0, 0.05) is 29.0 Å². The topological polar surface area (TPSA) is 38.1 Å². The molecule has 1 aliphatic heterocycles. The quantitative estimate of drug-likeness (QED) is 0.845. The summed E-state index contributed by atoms with van der Waals surface area (Å²) in [5, 5.41) is 6.69. The van der Waals surface area contributed by atoms with Crippen molar-refractivity contribution in [1.82, 2.24) is 14.7 Å². The number of thiophene rings is 1. The molecule has 0 aromatic carbocycles. The number of rotatable bonds is 2. The molecule has 122 valence electrons. The Morgan fingerprint density at radius 2 is 2.13 bits per heavy atom. The molecule has 0 bridgehead atoms. The van der Waals surface area contributed by atoms with Crippen LogP contribution in [-0.2, 0) is 12.8 Å². The number of carbonyl (C=O) groups is 1. The minimum Gasteiger partial charge on any atom is -0.336 e. The Kier molecular flexibility index (Phi) is 3.76. The molecule has 2 aromatic rings. The van der Waals surface area contributed by atoms with Crippen molar-refractivity contribution in [1.29, 1.82) is 0 Å². The highest BCUT2D eigenvalue weighted by atomic mass is 32.1. The van der Waals surface area contributed by atoms with Crippen molar-refractivity contribution < 1.29 is 4.79 Å². The van der Waals surface area contributed by atoms with Gasteiger partial charge in [-0.3, -0.25) is 9.48 Å². The summed E-state index contributed by atoms with van der Waals surface area (Å²) in [7, 11) is 0. The van der Waals surface area contributed by atoms with Gasteiger partial charge in [-0.15, -0.1) is 11.3 Å². The lowest BCUT2D eigenvalue weighted by Gasteiger charge is -2.19. The minimum absolute atomic E-state index is 0.230. The van der Waals surface area contributed by atoms with Gasteiger partial charge in [-0.1, -0.05) is 0 Å². The fourth-order valence-electron chi connectivity index (χ4n) is 3.99. The molecule has 1 atom stereocenters. The number of hydrogen-bond donors (Lipinski definition) is 0. The predicted octanol–water partition coefficient (Wildman–Crippen LogP) is 3.53. The number of likely N-dealkylation sites (tertiary alicyclic amines) is 1. The lowest BCUT2D eigenvalue weighted by molar-refractivity contribution is 0.0786. The lowest BCUT2D eigenvalue weighted by atomic mass is 9.95. The largest absolute Gasteiger partial charge is 0.336 e. The maximum Gasteiger partial charge on any atom is 0.255 e. The van der Waals surface area contributed by atoms with E-state index in [0.717, 1.165) is 43.6 Å². The summed E-state index contributed by atoms with van der Waals surface area (Å²) in [6, 6.07) is 2.43. The molecule has 5 heteroatoms. The summed E-state index contributed by atoms with van der Waals surface area (Å²) in [6.45, 7) is 5.75. The third-order valence-corrected chi connectivity index (χ3v) is 6.22.